The fraction of sp³-hybridized carbons (Fsp3) is 0. The molecule has 2 N–H and O–H groups in total. The van der Waals surface area contributed by atoms with Gasteiger partial charge in [0.1, 0.15) is 5.69 Å². The van der Waals surface area contributed by atoms with Gasteiger partial charge in [0, 0.05) is 6.20 Å². The number of ketones is 1. The molecular formula is C6H6N2O2Se. The minimum absolute atomic E-state index is 0. The number of hydrogen-bond acceptors (Lipinski definition) is 2. The second-order valence-corrected chi connectivity index (χ2v) is 2.05. The maximum absolute atomic E-state index is 10.8. The molecule has 0 atom stereocenters. The van der Waals surface area contributed by atoms with Crippen molar-refractivity contribution in [2.45, 2.75) is 0 Å². The Morgan fingerprint density at radius 2 is 2.00 bits per heavy atom. The third-order valence-electron chi connectivity index (χ3n) is 1.43. The number of nitrogens with one attached hydrogen (secondary N) is 2. The van der Waals surface area contributed by atoms with Gasteiger partial charge >= 0.3 is 17.1 Å². The van der Waals surface area contributed by atoms with Crippen molar-refractivity contribution in [3.05, 3.63) is 18.0 Å². The Morgan fingerprint density at radius 3 is 2.64 bits per heavy atom. The molecule has 0 unspecified atom stereocenters. The quantitative estimate of drug-likeness (QED) is 0.443. The first-order valence-electron chi connectivity index (χ1n) is 2.82. The van der Waals surface area contributed by atoms with Crippen molar-refractivity contribution in [3.8, 4) is 0 Å². The van der Waals surface area contributed by atoms with Crippen LogP contribution in [0.1, 0.15) is 10.5 Å². The van der Waals surface area contributed by atoms with E-state index >= 15 is 0 Å². The van der Waals surface area contributed by atoms with Crippen molar-refractivity contribution in [2.75, 3.05) is 5.32 Å². The van der Waals surface area contributed by atoms with Gasteiger partial charge in [-0.3, -0.25) is 9.59 Å². The molecular weight excluding hydrogens is 211 g/mol. The Hall–Kier alpha value is -1.06. The van der Waals surface area contributed by atoms with Crippen LogP contribution in [0.15, 0.2) is 12.3 Å². The molecule has 2 heterocycles. The molecule has 11 heavy (non-hydrogen) atoms. The van der Waals surface area contributed by atoms with Crippen LogP contribution in [-0.4, -0.2) is 33.7 Å². The number of hydrogen-bond donors (Lipinski definition) is 2. The standard InChI is InChI=1S/C6H4N2O2.H2Se/c9-5-4-3(1-2-7-4)8-6(5)10;/h1-2,7H,(H,8,9,10);1H2. The number of carbonyl (C=O) groups is 2. The van der Waals surface area contributed by atoms with Crippen LogP contribution in [0.4, 0.5) is 5.69 Å². The summed E-state index contributed by atoms with van der Waals surface area (Å²) < 4.78 is 0. The zero-order valence-electron chi connectivity index (χ0n) is 5.47. The number of carbonyl (C=O) groups excluding carboxylic acids is 2. The van der Waals surface area contributed by atoms with Gasteiger partial charge in [-0.1, -0.05) is 0 Å². The van der Waals surface area contributed by atoms with Crippen molar-refractivity contribution in [1.29, 1.82) is 0 Å². The molecule has 0 bridgehead atoms. The summed E-state index contributed by atoms with van der Waals surface area (Å²) in [7, 11) is 0. The van der Waals surface area contributed by atoms with Crippen molar-refractivity contribution in [1.82, 2.24) is 4.98 Å². The SMILES string of the molecule is O=C1Nc2cc[nH]c2C1=O.[SeH2]. The molecule has 0 saturated carbocycles. The van der Waals surface area contributed by atoms with Crippen LogP contribution in [0.5, 0.6) is 0 Å². The second-order valence-electron chi connectivity index (χ2n) is 2.05. The van der Waals surface area contributed by atoms with E-state index in [4.69, 9.17) is 0 Å². The normalized spacial score (nSPS) is 13.8. The summed E-state index contributed by atoms with van der Waals surface area (Å²) in [6.45, 7) is 0. The van der Waals surface area contributed by atoms with Crippen LogP contribution >= 0.6 is 0 Å². The van der Waals surface area contributed by atoms with Gasteiger partial charge < -0.3 is 10.3 Å². The summed E-state index contributed by atoms with van der Waals surface area (Å²) in [5.74, 6) is -1.04. The number of fused-ring (bicyclic) bond motifs is 1. The first-order chi connectivity index (χ1) is 4.79. The van der Waals surface area contributed by atoms with E-state index in [2.05, 4.69) is 10.3 Å². The average molecular weight is 217 g/mol. The number of anilines is 1. The summed E-state index contributed by atoms with van der Waals surface area (Å²) in [4.78, 5) is 24.1. The van der Waals surface area contributed by atoms with Gasteiger partial charge in [0.25, 0.3) is 11.7 Å². The summed E-state index contributed by atoms with van der Waals surface area (Å²) in [5, 5.41) is 2.41. The fourth-order valence-electron chi connectivity index (χ4n) is 0.954. The molecule has 0 fully saturated rings. The summed E-state index contributed by atoms with van der Waals surface area (Å²) in [5.41, 5.74) is 0.944. The van der Waals surface area contributed by atoms with Crippen LogP contribution in [0.2, 0.25) is 0 Å². The molecule has 0 spiro atoms. The molecule has 1 aliphatic heterocycles. The van der Waals surface area contributed by atoms with Crippen LogP contribution in [0.25, 0.3) is 0 Å². The van der Waals surface area contributed by atoms with Crippen LogP contribution in [0.3, 0.4) is 0 Å². The molecule has 1 aromatic heterocycles. The monoisotopic (exact) mass is 218 g/mol. The van der Waals surface area contributed by atoms with E-state index < -0.39 is 11.7 Å². The Balaban J connectivity index is 0.000000605. The van der Waals surface area contributed by atoms with Gasteiger partial charge in [-0.2, -0.15) is 0 Å². The number of Topliss-reactive ketones (excluding diaryl/α,β-unsaturated/α-hetero) is 1. The Bertz CT molecular complexity index is 318. The molecule has 0 aromatic carbocycles. The van der Waals surface area contributed by atoms with Crippen molar-refractivity contribution >= 4 is 34.4 Å². The van der Waals surface area contributed by atoms with E-state index in [0.29, 0.717) is 11.4 Å². The predicted octanol–water partition coefficient (Wildman–Crippen LogP) is -0.767. The number of aromatic amines is 1. The van der Waals surface area contributed by atoms with E-state index in [1.807, 2.05) is 0 Å². The van der Waals surface area contributed by atoms with Gasteiger partial charge in [-0.05, 0) is 6.07 Å². The van der Waals surface area contributed by atoms with E-state index in [-0.39, 0.29) is 17.1 Å². The molecule has 58 valence electrons. The second kappa shape index (κ2) is 2.52. The molecule has 5 heteroatoms. The van der Waals surface area contributed by atoms with Gasteiger partial charge in [-0.25, -0.2) is 0 Å². The van der Waals surface area contributed by atoms with Crippen LogP contribution in [-0.2, 0) is 4.79 Å². The van der Waals surface area contributed by atoms with E-state index in [1.165, 1.54) is 0 Å². The molecule has 0 radical (unpaired) electrons. The molecule has 2 rings (SSSR count). The Morgan fingerprint density at radius 1 is 1.27 bits per heavy atom. The first kappa shape index (κ1) is 8.04. The third kappa shape index (κ3) is 0.982. The third-order valence-corrected chi connectivity index (χ3v) is 1.43. The minimum atomic E-state index is -0.554. The number of H-pyrrole nitrogens is 1. The fourth-order valence-corrected chi connectivity index (χ4v) is 0.954. The van der Waals surface area contributed by atoms with Crippen molar-refractivity contribution < 1.29 is 9.59 Å². The van der Waals surface area contributed by atoms with Crippen LogP contribution < -0.4 is 5.32 Å². The number of aromatic nitrogens is 1. The Labute approximate surface area is 72.8 Å². The number of amides is 1. The number of rotatable bonds is 0. The summed E-state index contributed by atoms with van der Waals surface area (Å²) in [6.07, 6.45) is 1.61. The molecule has 4 nitrogen and oxygen atoms in total. The van der Waals surface area contributed by atoms with Crippen LogP contribution in [0, 0.1) is 0 Å². The van der Waals surface area contributed by atoms with Gasteiger partial charge in [0.05, 0.1) is 5.69 Å². The zero-order valence-corrected chi connectivity index (χ0v) is 7.57. The molecule has 1 aliphatic rings. The van der Waals surface area contributed by atoms with Gasteiger partial charge in [-0.15, -0.1) is 0 Å². The Kier molecular flexibility index (Phi) is 1.85. The molecule has 0 aliphatic carbocycles. The average Bonchev–Trinajstić information content (AvgIpc) is 2.41. The van der Waals surface area contributed by atoms with Gasteiger partial charge in [0.15, 0.2) is 0 Å². The van der Waals surface area contributed by atoms with E-state index in [0.717, 1.165) is 0 Å². The topological polar surface area (TPSA) is 62.0 Å². The summed E-state index contributed by atoms with van der Waals surface area (Å²) in [6, 6.07) is 1.65. The summed E-state index contributed by atoms with van der Waals surface area (Å²) >= 11 is 0. The maximum atomic E-state index is 10.8. The molecule has 0 saturated heterocycles. The molecule has 1 aromatic rings. The van der Waals surface area contributed by atoms with Crippen molar-refractivity contribution in [3.63, 3.8) is 0 Å². The van der Waals surface area contributed by atoms with Crippen molar-refractivity contribution in [2.24, 2.45) is 0 Å². The predicted molar refractivity (Wildman–Crippen MR) is 42.3 cm³/mol. The van der Waals surface area contributed by atoms with Gasteiger partial charge in [0.2, 0.25) is 0 Å². The first-order valence-corrected chi connectivity index (χ1v) is 2.82. The molecule has 1 amide bonds. The zero-order chi connectivity index (χ0) is 7.14. The van der Waals surface area contributed by atoms with E-state index in [1.54, 1.807) is 12.3 Å². The van der Waals surface area contributed by atoms with E-state index in [9.17, 15) is 9.59 Å².